The van der Waals surface area contributed by atoms with Crippen molar-refractivity contribution in [3.05, 3.63) is 0 Å². The minimum absolute atomic E-state index is 0. The van der Waals surface area contributed by atoms with Crippen molar-refractivity contribution in [3.63, 3.8) is 0 Å². The Labute approximate surface area is 193 Å². The highest BCUT2D eigenvalue weighted by Crippen LogP contribution is 2.26. The molecule has 0 aliphatic heterocycles. The lowest BCUT2D eigenvalue weighted by molar-refractivity contribution is -0.935. The number of hydrogen-bond acceptors (Lipinski definition) is 3. The molecule has 4 nitrogen and oxygen atoms in total. The zero-order valence-corrected chi connectivity index (χ0v) is 20.8. The van der Waals surface area contributed by atoms with E-state index in [4.69, 9.17) is 4.74 Å². The summed E-state index contributed by atoms with van der Waals surface area (Å²) in [6, 6.07) is 0.612. The third kappa shape index (κ3) is 13.9. The van der Waals surface area contributed by atoms with Gasteiger partial charge in [-0.05, 0) is 32.1 Å². The molecule has 1 unspecified atom stereocenters. The van der Waals surface area contributed by atoms with Crippen LogP contribution in [0.2, 0.25) is 0 Å². The molecule has 0 bridgehead atoms. The maximum Gasteiger partial charge on any atom is 0.305 e. The van der Waals surface area contributed by atoms with E-state index in [-0.39, 0.29) is 25.0 Å². The van der Waals surface area contributed by atoms with Crippen molar-refractivity contribution in [1.29, 1.82) is 0 Å². The zero-order valence-electron chi connectivity index (χ0n) is 20.0. The van der Waals surface area contributed by atoms with Crippen LogP contribution < -0.4 is 12.4 Å². The first-order chi connectivity index (χ1) is 14.1. The maximum absolute atomic E-state index is 12.0. The van der Waals surface area contributed by atoms with Gasteiger partial charge in [-0.1, -0.05) is 77.6 Å². The Bertz CT molecular complexity index is 402. The number of quaternary nitrogens is 1. The summed E-state index contributed by atoms with van der Waals surface area (Å²) in [5, 5.41) is 9.49. The molecule has 0 aromatic carbocycles. The van der Waals surface area contributed by atoms with Crippen LogP contribution in [0.1, 0.15) is 116 Å². The predicted molar refractivity (Wildman–Crippen MR) is 122 cm³/mol. The standard InChI is InChI=1S/C25H50NO3.ClH/c1-3-4-5-6-7-8-9-10-11-12-16-19-25(28)29-23-21-26(2,20-22-27)24-17-14-13-15-18-24;/h24,27H,3-23H2,1-2H3;1H/q+1;/p-1. The molecule has 0 spiro atoms. The van der Waals surface area contributed by atoms with Crippen molar-refractivity contribution in [2.75, 3.05) is 33.4 Å². The average molecular weight is 448 g/mol. The lowest BCUT2D eigenvalue weighted by Crippen LogP contribution is -3.00. The van der Waals surface area contributed by atoms with Crippen molar-refractivity contribution in [3.8, 4) is 0 Å². The fourth-order valence-electron chi connectivity index (χ4n) is 4.78. The van der Waals surface area contributed by atoms with Gasteiger partial charge in [0.05, 0.1) is 19.7 Å². The smallest absolute Gasteiger partial charge is 0.305 e. The Morgan fingerprint density at radius 1 is 0.867 bits per heavy atom. The molecule has 1 fully saturated rings. The van der Waals surface area contributed by atoms with Crippen LogP contribution in [0.3, 0.4) is 0 Å². The number of carbonyl (C=O) groups is 1. The Hall–Kier alpha value is -0.320. The van der Waals surface area contributed by atoms with Crippen LogP contribution in [0.25, 0.3) is 0 Å². The predicted octanol–water partition coefficient (Wildman–Crippen LogP) is 3.01. The molecule has 0 saturated heterocycles. The fraction of sp³-hybridized carbons (Fsp3) is 0.960. The SMILES string of the molecule is CCCCCCCCCCCCCC(=O)OCC[N+](C)(CCO)C1CCCCC1.[Cl-]. The number of halogens is 1. The highest BCUT2D eigenvalue weighted by Gasteiger charge is 2.33. The summed E-state index contributed by atoms with van der Waals surface area (Å²) in [5.74, 6) is -0.0416. The van der Waals surface area contributed by atoms with Crippen LogP contribution in [0.15, 0.2) is 0 Å². The first kappa shape index (κ1) is 29.7. The van der Waals surface area contributed by atoms with E-state index in [1.54, 1.807) is 0 Å². The summed E-state index contributed by atoms with van der Waals surface area (Å²) in [6.07, 6.45) is 21.2. The van der Waals surface area contributed by atoms with Gasteiger partial charge in [0.25, 0.3) is 0 Å². The first-order valence-electron chi connectivity index (χ1n) is 12.7. The molecule has 1 atom stereocenters. The third-order valence-electron chi connectivity index (χ3n) is 6.92. The molecule has 1 aliphatic carbocycles. The summed E-state index contributed by atoms with van der Waals surface area (Å²) in [6.45, 7) is 4.56. The van der Waals surface area contributed by atoms with Gasteiger partial charge in [-0.2, -0.15) is 0 Å². The molecule has 1 rings (SSSR count). The molecule has 0 aromatic heterocycles. The monoisotopic (exact) mass is 447 g/mol. The van der Waals surface area contributed by atoms with E-state index in [0.717, 1.165) is 30.4 Å². The zero-order chi connectivity index (χ0) is 21.2. The van der Waals surface area contributed by atoms with Gasteiger partial charge in [0.2, 0.25) is 0 Å². The van der Waals surface area contributed by atoms with E-state index in [2.05, 4.69) is 14.0 Å². The van der Waals surface area contributed by atoms with E-state index in [0.29, 0.717) is 19.1 Å². The molecule has 30 heavy (non-hydrogen) atoms. The first-order valence-corrected chi connectivity index (χ1v) is 12.7. The molecule has 1 N–H and O–H groups in total. The molecule has 1 saturated carbocycles. The number of aliphatic hydroxyl groups excluding tert-OH is 1. The van der Waals surface area contributed by atoms with Crippen LogP contribution in [0.5, 0.6) is 0 Å². The molecular formula is C25H50ClNO3. The highest BCUT2D eigenvalue weighted by molar-refractivity contribution is 5.69. The molecular weight excluding hydrogens is 398 g/mol. The molecule has 0 aromatic rings. The molecule has 1 aliphatic rings. The number of aliphatic hydroxyl groups is 1. The number of esters is 1. The average Bonchev–Trinajstić information content (AvgIpc) is 2.73. The summed E-state index contributed by atoms with van der Waals surface area (Å²) in [7, 11) is 2.23. The summed E-state index contributed by atoms with van der Waals surface area (Å²) in [5.41, 5.74) is 0. The number of hydrogen-bond donors (Lipinski definition) is 1. The second-order valence-electron chi connectivity index (χ2n) is 9.45. The Morgan fingerprint density at radius 3 is 1.93 bits per heavy atom. The van der Waals surface area contributed by atoms with E-state index >= 15 is 0 Å². The van der Waals surface area contributed by atoms with E-state index in [9.17, 15) is 9.90 Å². The molecule has 0 heterocycles. The van der Waals surface area contributed by atoms with Gasteiger partial charge in [0, 0.05) is 6.42 Å². The van der Waals surface area contributed by atoms with Crippen molar-refractivity contribution >= 4 is 5.97 Å². The van der Waals surface area contributed by atoms with Gasteiger partial charge in [0.1, 0.15) is 19.7 Å². The molecule has 5 heteroatoms. The third-order valence-corrected chi connectivity index (χ3v) is 6.92. The van der Waals surface area contributed by atoms with Gasteiger partial charge in [-0.15, -0.1) is 0 Å². The topological polar surface area (TPSA) is 46.5 Å². The molecule has 180 valence electrons. The van der Waals surface area contributed by atoms with Crippen molar-refractivity contribution < 1.29 is 31.5 Å². The summed E-state index contributed by atoms with van der Waals surface area (Å²) < 4.78 is 6.38. The van der Waals surface area contributed by atoms with E-state index < -0.39 is 0 Å². The number of rotatable bonds is 18. The Morgan fingerprint density at radius 2 is 1.40 bits per heavy atom. The number of likely N-dealkylation sites (N-methyl/N-ethyl adjacent to an activating group) is 1. The fourth-order valence-corrected chi connectivity index (χ4v) is 4.78. The maximum atomic E-state index is 12.0. The van der Waals surface area contributed by atoms with Gasteiger partial charge < -0.3 is 26.7 Å². The van der Waals surface area contributed by atoms with Gasteiger partial charge in [0.15, 0.2) is 0 Å². The Kier molecular flexibility index (Phi) is 19.2. The van der Waals surface area contributed by atoms with Crippen molar-refractivity contribution in [2.45, 2.75) is 122 Å². The minimum atomic E-state index is -0.0416. The summed E-state index contributed by atoms with van der Waals surface area (Å²) in [4.78, 5) is 12.0. The summed E-state index contributed by atoms with van der Waals surface area (Å²) >= 11 is 0. The van der Waals surface area contributed by atoms with Crippen LogP contribution >= 0.6 is 0 Å². The second-order valence-corrected chi connectivity index (χ2v) is 9.45. The van der Waals surface area contributed by atoms with Crippen LogP contribution in [0.4, 0.5) is 0 Å². The van der Waals surface area contributed by atoms with Gasteiger partial charge >= 0.3 is 5.97 Å². The van der Waals surface area contributed by atoms with Crippen molar-refractivity contribution in [1.82, 2.24) is 0 Å². The highest BCUT2D eigenvalue weighted by atomic mass is 35.5. The number of ether oxygens (including phenoxy) is 1. The lowest BCUT2D eigenvalue weighted by atomic mass is 9.92. The van der Waals surface area contributed by atoms with Crippen LogP contribution in [-0.2, 0) is 9.53 Å². The number of carbonyl (C=O) groups excluding carboxylic acids is 1. The number of nitrogens with zero attached hydrogens (tertiary/aromatic N) is 1. The largest absolute Gasteiger partial charge is 1.00 e. The Balaban J connectivity index is 0.00000841. The van der Waals surface area contributed by atoms with Crippen molar-refractivity contribution in [2.24, 2.45) is 0 Å². The van der Waals surface area contributed by atoms with Crippen LogP contribution in [-0.4, -0.2) is 55.0 Å². The lowest BCUT2D eigenvalue weighted by Gasteiger charge is -2.43. The quantitative estimate of drug-likeness (QED) is 0.199. The molecule has 0 amide bonds. The van der Waals surface area contributed by atoms with E-state index in [1.165, 1.54) is 89.9 Å². The molecule has 0 radical (unpaired) electrons. The minimum Gasteiger partial charge on any atom is -1.00 e. The van der Waals surface area contributed by atoms with E-state index in [1.807, 2.05) is 0 Å². The second kappa shape index (κ2) is 19.4. The van der Waals surface area contributed by atoms with Crippen LogP contribution in [0, 0.1) is 0 Å². The van der Waals surface area contributed by atoms with Gasteiger partial charge in [-0.25, -0.2) is 0 Å². The van der Waals surface area contributed by atoms with Gasteiger partial charge in [-0.3, -0.25) is 4.79 Å². The number of unbranched alkanes of at least 4 members (excludes halogenated alkanes) is 10. The normalized spacial score (nSPS) is 16.6.